The van der Waals surface area contributed by atoms with Crippen molar-refractivity contribution in [1.29, 1.82) is 0 Å². The van der Waals surface area contributed by atoms with E-state index in [1.165, 1.54) is 55.4 Å². The van der Waals surface area contributed by atoms with Gasteiger partial charge in [0.25, 0.3) is 11.8 Å². The van der Waals surface area contributed by atoms with Crippen molar-refractivity contribution in [3.05, 3.63) is 120 Å². The molecule has 1 N–H and O–H groups in total. The van der Waals surface area contributed by atoms with Gasteiger partial charge in [-0.1, -0.05) is 60.7 Å². The minimum absolute atomic E-state index is 0.0148. The van der Waals surface area contributed by atoms with Gasteiger partial charge in [-0.25, -0.2) is 19.4 Å². The Hall–Kier alpha value is -7.39. The molecule has 4 unspecified atom stereocenters. The molecule has 76 heavy (non-hydrogen) atoms. The average Bonchev–Trinajstić information content (AvgIpc) is 4.02. The molecule has 406 valence electrons. The molecular formula is C56H66N4O16. The zero-order valence-corrected chi connectivity index (χ0v) is 43.6. The summed E-state index contributed by atoms with van der Waals surface area (Å²) >= 11 is 0. The van der Waals surface area contributed by atoms with E-state index in [1.54, 1.807) is 34.3 Å². The SMILES string of the molecule is C=CCOC(=O)N1c2cc(O)c(OC)cc2C(=O)N2C=C(C)C[C@H]2C1OC1CCCCO1.C=CCOC(=O)N1c2cc(OCc3cccc(CC(=O)OC)c3)c(OC)cc2C(=O)N2C=C(C)C[C@H]2C1OC1CCCCO1. The third-order valence-electron chi connectivity index (χ3n) is 13.6. The molecule has 2 saturated heterocycles. The van der Waals surface area contributed by atoms with Crippen LogP contribution < -0.4 is 24.0 Å². The first kappa shape index (κ1) is 54.9. The van der Waals surface area contributed by atoms with Gasteiger partial charge < -0.3 is 62.3 Å². The molecule has 20 heteroatoms. The van der Waals surface area contributed by atoms with Crippen molar-refractivity contribution in [2.45, 2.75) is 115 Å². The van der Waals surface area contributed by atoms with Crippen molar-refractivity contribution in [2.75, 3.05) is 57.6 Å². The van der Waals surface area contributed by atoms with Crippen molar-refractivity contribution in [1.82, 2.24) is 9.80 Å². The summed E-state index contributed by atoms with van der Waals surface area (Å²) in [6.45, 7) is 12.3. The number of ether oxygens (including phenoxy) is 10. The fourth-order valence-corrected chi connectivity index (χ4v) is 9.99. The fraction of sp³-hybridized carbons (Fsp3) is 0.446. The Morgan fingerprint density at radius 1 is 0.684 bits per heavy atom. The van der Waals surface area contributed by atoms with Gasteiger partial charge in [0.2, 0.25) is 0 Å². The minimum atomic E-state index is -0.912. The van der Waals surface area contributed by atoms with Gasteiger partial charge in [-0.2, -0.15) is 0 Å². The molecule has 0 aromatic heterocycles. The number of hydrogen-bond acceptors (Lipinski definition) is 16. The number of amides is 4. The standard InChI is InChI=1S/C33H38N2O9.C23H28N2O7/c1-5-12-42-33(38)35-25-18-28(43-20-23-10-8-9-22(15-23)16-29(36)40-4)27(39-3)17-24(25)31(37)34-19-21(2)14-26(34)32(35)44-30-11-6-7-13-41-30;1-4-8-31-23(28)25-16-12-18(26)19(29-3)11-15(16)21(27)24-13-14(2)10-17(24)22(25)32-20-7-5-6-9-30-20/h5,8-10,15,17-19,26,30,32H,1,6-7,11-14,16,20H2,2-4H3;4,11-13,17,20,22,26H,1,5-10H2,2-3H3/t26-,30?,32?;17-,20?,22?/m00/s1. The summed E-state index contributed by atoms with van der Waals surface area (Å²) in [7, 11) is 4.23. The lowest BCUT2D eigenvalue weighted by molar-refractivity contribution is -0.195. The summed E-state index contributed by atoms with van der Waals surface area (Å²) in [6, 6.07) is 12.3. The van der Waals surface area contributed by atoms with Crippen molar-refractivity contribution in [3.63, 3.8) is 0 Å². The number of carbonyl (C=O) groups is 5. The lowest BCUT2D eigenvalue weighted by Gasteiger charge is -2.38. The van der Waals surface area contributed by atoms with E-state index in [1.807, 2.05) is 38.1 Å². The predicted octanol–water partition coefficient (Wildman–Crippen LogP) is 8.65. The minimum Gasteiger partial charge on any atom is -0.504 e. The van der Waals surface area contributed by atoms with Crippen LogP contribution in [-0.4, -0.2) is 130 Å². The number of methoxy groups -OCH3 is 3. The Labute approximate surface area is 441 Å². The molecule has 9 rings (SSSR count). The Morgan fingerprint density at radius 2 is 1.20 bits per heavy atom. The number of phenols is 1. The zero-order valence-electron chi connectivity index (χ0n) is 43.6. The van der Waals surface area contributed by atoms with Gasteiger partial charge in [0.1, 0.15) is 19.8 Å². The largest absolute Gasteiger partial charge is 0.504 e. The van der Waals surface area contributed by atoms with E-state index in [0.717, 1.165) is 48.0 Å². The summed E-state index contributed by atoms with van der Waals surface area (Å²) in [4.78, 5) is 72.3. The summed E-state index contributed by atoms with van der Waals surface area (Å²) in [5, 5.41) is 10.5. The van der Waals surface area contributed by atoms with E-state index >= 15 is 0 Å². The van der Waals surface area contributed by atoms with E-state index in [0.29, 0.717) is 50.4 Å². The van der Waals surface area contributed by atoms with Crippen LogP contribution in [0.1, 0.15) is 97.1 Å². The molecule has 0 radical (unpaired) electrons. The lowest BCUT2D eigenvalue weighted by Crippen LogP contribution is -2.53. The Bertz CT molecular complexity index is 2730. The Morgan fingerprint density at radius 3 is 1.68 bits per heavy atom. The number of anilines is 2. The summed E-state index contributed by atoms with van der Waals surface area (Å²) in [6.07, 6.45) is 8.48. The van der Waals surface area contributed by atoms with Crippen LogP contribution in [0.4, 0.5) is 21.0 Å². The van der Waals surface area contributed by atoms with E-state index in [4.69, 9.17) is 47.4 Å². The van der Waals surface area contributed by atoms with Crippen LogP contribution in [0.5, 0.6) is 23.0 Å². The van der Waals surface area contributed by atoms with Gasteiger partial charge in [-0.15, -0.1) is 0 Å². The van der Waals surface area contributed by atoms with Crippen LogP contribution in [-0.2, 0) is 51.0 Å². The monoisotopic (exact) mass is 1050 g/mol. The number of carbonyl (C=O) groups excluding carboxylic acids is 5. The average molecular weight is 1050 g/mol. The molecule has 6 atom stereocenters. The second-order valence-corrected chi connectivity index (χ2v) is 19.0. The number of fused-ring (bicyclic) bond motifs is 4. The Kier molecular flexibility index (Phi) is 18.0. The first-order chi connectivity index (χ1) is 36.8. The van der Waals surface area contributed by atoms with Gasteiger partial charge in [0, 0.05) is 37.7 Å². The number of phenolic OH excluding ortho intramolecular Hbond substituents is 1. The second kappa shape index (κ2) is 25.0. The van der Waals surface area contributed by atoms with Crippen molar-refractivity contribution >= 4 is 41.3 Å². The zero-order chi connectivity index (χ0) is 54.0. The van der Waals surface area contributed by atoms with Crippen LogP contribution in [0.25, 0.3) is 0 Å². The molecule has 3 aromatic carbocycles. The molecular weight excluding hydrogens is 985 g/mol. The lowest BCUT2D eigenvalue weighted by atomic mass is 10.1. The predicted molar refractivity (Wildman–Crippen MR) is 276 cm³/mol. The van der Waals surface area contributed by atoms with E-state index in [2.05, 4.69) is 13.2 Å². The highest BCUT2D eigenvalue weighted by Gasteiger charge is 2.49. The number of rotatable bonds is 15. The summed E-state index contributed by atoms with van der Waals surface area (Å²) in [5.74, 6) is -0.430. The van der Waals surface area contributed by atoms with Crippen LogP contribution in [0.2, 0.25) is 0 Å². The van der Waals surface area contributed by atoms with Crippen molar-refractivity contribution < 1.29 is 76.4 Å². The molecule has 0 saturated carbocycles. The van der Waals surface area contributed by atoms with E-state index < -0.39 is 49.3 Å². The highest BCUT2D eigenvalue weighted by molar-refractivity contribution is 6.07. The highest BCUT2D eigenvalue weighted by Crippen LogP contribution is 2.45. The molecule has 0 bridgehead atoms. The first-order valence-corrected chi connectivity index (χ1v) is 25.4. The first-order valence-electron chi connectivity index (χ1n) is 25.4. The number of nitrogens with zero attached hydrogens (tertiary/aromatic N) is 4. The van der Waals surface area contributed by atoms with E-state index in [9.17, 15) is 29.1 Å². The molecule has 20 nitrogen and oxygen atoms in total. The van der Waals surface area contributed by atoms with Crippen LogP contribution in [0.3, 0.4) is 0 Å². The van der Waals surface area contributed by atoms with Gasteiger partial charge in [-0.3, -0.25) is 14.4 Å². The van der Waals surface area contributed by atoms with Gasteiger partial charge in [0.15, 0.2) is 48.0 Å². The Balaban J connectivity index is 0.000000212. The van der Waals surface area contributed by atoms with Crippen molar-refractivity contribution in [2.24, 2.45) is 0 Å². The van der Waals surface area contributed by atoms with E-state index in [-0.39, 0.29) is 78.0 Å². The second-order valence-electron chi connectivity index (χ2n) is 19.0. The number of esters is 1. The smallest absolute Gasteiger partial charge is 0.416 e. The normalized spacial score (nSPS) is 22.6. The van der Waals surface area contributed by atoms with Gasteiger partial charge in [-0.05, 0) is 88.5 Å². The number of benzene rings is 3. The van der Waals surface area contributed by atoms with Crippen LogP contribution in [0, 0.1) is 0 Å². The molecule has 2 fully saturated rings. The number of hydrogen-bond donors (Lipinski definition) is 1. The third kappa shape index (κ3) is 12.2. The maximum atomic E-state index is 14.1. The quantitative estimate of drug-likeness (QED) is 0.0857. The maximum absolute atomic E-state index is 14.1. The molecule has 4 amide bonds. The van der Waals surface area contributed by atoms with Crippen molar-refractivity contribution in [3.8, 4) is 23.0 Å². The molecule has 6 heterocycles. The number of aromatic hydroxyl groups is 1. The molecule has 6 aliphatic rings. The van der Waals surface area contributed by atoms with Crippen LogP contribution >= 0.6 is 0 Å². The molecule has 0 spiro atoms. The van der Waals surface area contributed by atoms with Gasteiger partial charge >= 0.3 is 18.2 Å². The highest BCUT2D eigenvalue weighted by atomic mass is 16.7. The van der Waals surface area contributed by atoms with Gasteiger partial charge in [0.05, 0.1) is 62.3 Å². The summed E-state index contributed by atoms with van der Waals surface area (Å²) in [5.41, 5.74) is 4.42. The molecule has 0 aliphatic carbocycles. The topological polar surface area (TPSA) is 211 Å². The van der Waals surface area contributed by atoms with Crippen LogP contribution in [0.15, 0.2) is 97.4 Å². The fourth-order valence-electron chi connectivity index (χ4n) is 9.99. The molecule has 6 aliphatic heterocycles. The maximum Gasteiger partial charge on any atom is 0.416 e. The third-order valence-corrected chi connectivity index (χ3v) is 13.6. The molecule has 3 aromatic rings. The summed E-state index contributed by atoms with van der Waals surface area (Å²) < 4.78 is 57.3.